The standard InChI is InChI=1S/C14H22N2O3/c1-11(15)12-5-3-6-13(9-12)19-10-14(17)16-7-4-8-18-2/h3,5-6,9,11H,4,7-8,10,15H2,1-2H3,(H,16,17). The molecule has 0 heterocycles. The Morgan fingerprint density at radius 1 is 1.47 bits per heavy atom. The molecule has 0 radical (unpaired) electrons. The van der Waals surface area contributed by atoms with Gasteiger partial charge in [-0.2, -0.15) is 0 Å². The molecule has 1 rings (SSSR count). The van der Waals surface area contributed by atoms with Crippen LogP contribution in [0.1, 0.15) is 24.9 Å². The highest BCUT2D eigenvalue weighted by Crippen LogP contribution is 2.17. The molecule has 1 unspecified atom stereocenters. The first-order valence-corrected chi connectivity index (χ1v) is 6.37. The summed E-state index contributed by atoms with van der Waals surface area (Å²) in [6.45, 7) is 3.14. The monoisotopic (exact) mass is 266 g/mol. The first-order valence-electron chi connectivity index (χ1n) is 6.37. The van der Waals surface area contributed by atoms with Crippen LogP contribution in [0.2, 0.25) is 0 Å². The Balaban J connectivity index is 2.31. The van der Waals surface area contributed by atoms with Crippen molar-refractivity contribution >= 4 is 5.91 Å². The van der Waals surface area contributed by atoms with Gasteiger partial charge in [-0.15, -0.1) is 0 Å². The molecule has 0 aliphatic rings. The fraction of sp³-hybridized carbons (Fsp3) is 0.500. The van der Waals surface area contributed by atoms with Crippen LogP contribution in [-0.2, 0) is 9.53 Å². The van der Waals surface area contributed by atoms with Crippen molar-refractivity contribution in [2.75, 3.05) is 26.9 Å². The van der Waals surface area contributed by atoms with Crippen LogP contribution in [0.5, 0.6) is 5.75 Å². The second kappa shape index (κ2) is 8.50. The summed E-state index contributed by atoms with van der Waals surface area (Å²) in [6.07, 6.45) is 0.794. The van der Waals surface area contributed by atoms with E-state index in [1.807, 2.05) is 31.2 Å². The number of methoxy groups -OCH3 is 1. The maximum absolute atomic E-state index is 11.5. The quantitative estimate of drug-likeness (QED) is 0.694. The van der Waals surface area contributed by atoms with E-state index in [9.17, 15) is 4.79 Å². The summed E-state index contributed by atoms with van der Waals surface area (Å²) < 4.78 is 10.3. The average Bonchev–Trinajstić information content (AvgIpc) is 2.41. The smallest absolute Gasteiger partial charge is 0.257 e. The van der Waals surface area contributed by atoms with Crippen LogP contribution in [0, 0.1) is 0 Å². The van der Waals surface area contributed by atoms with E-state index in [4.69, 9.17) is 15.2 Å². The van der Waals surface area contributed by atoms with Crippen molar-refractivity contribution in [3.63, 3.8) is 0 Å². The van der Waals surface area contributed by atoms with Gasteiger partial charge < -0.3 is 20.5 Å². The van der Waals surface area contributed by atoms with Gasteiger partial charge in [0.25, 0.3) is 5.91 Å². The van der Waals surface area contributed by atoms with Crippen LogP contribution >= 0.6 is 0 Å². The molecule has 5 heteroatoms. The summed E-state index contributed by atoms with van der Waals surface area (Å²) in [5.41, 5.74) is 6.77. The van der Waals surface area contributed by atoms with Crippen LogP contribution < -0.4 is 15.8 Å². The van der Waals surface area contributed by atoms with Crippen LogP contribution in [0.4, 0.5) is 0 Å². The van der Waals surface area contributed by atoms with Crippen molar-refractivity contribution in [2.24, 2.45) is 5.73 Å². The van der Waals surface area contributed by atoms with E-state index in [0.29, 0.717) is 18.9 Å². The lowest BCUT2D eigenvalue weighted by Gasteiger charge is -2.10. The third-order valence-corrected chi connectivity index (χ3v) is 2.60. The summed E-state index contributed by atoms with van der Waals surface area (Å²) >= 11 is 0. The fourth-order valence-electron chi connectivity index (χ4n) is 1.53. The number of hydrogen-bond acceptors (Lipinski definition) is 4. The van der Waals surface area contributed by atoms with Crippen molar-refractivity contribution in [3.05, 3.63) is 29.8 Å². The van der Waals surface area contributed by atoms with Gasteiger partial charge in [0, 0.05) is 26.3 Å². The Morgan fingerprint density at radius 3 is 2.95 bits per heavy atom. The molecule has 106 valence electrons. The molecule has 0 aliphatic carbocycles. The number of carbonyl (C=O) groups is 1. The van der Waals surface area contributed by atoms with E-state index in [-0.39, 0.29) is 18.6 Å². The molecule has 5 nitrogen and oxygen atoms in total. The molecule has 0 bridgehead atoms. The molecular formula is C14H22N2O3. The van der Waals surface area contributed by atoms with Gasteiger partial charge in [0.05, 0.1) is 0 Å². The average molecular weight is 266 g/mol. The van der Waals surface area contributed by atoms with Gasteiger partial charge in [-0.1, -0.05) is 12.1 Å². The molecule has 0 spiro atoms. The van der Waals surface area contributed by atoms with Crippen LogP contribution in [-0.4, -0.2) is 32.8 Å². The van der Waals surface area contributed by atoms with Crippen molar-refractivity contribution in [1.29, 1.82) is 0 Å². The van der Waals surface area contributed by atoms with Crippen molar-refractivity contribution in [3.8, 4) is 5.75 Å². The van der Waals surface area contributed by atoms with Crippen LogP contribution in [0.15, 0.2) is 24.3 Å². The van der Waals surface area contributed by atoms with E-state index in [1.165, 1.54) is 0 Å². The Kier molecular flexibility index (Phi) is 6.92. The van der Waals surface area contributed by atoms with Gasteiger partial charge in [-0.3, -0.25) is 4.79 Å². The second-order valence-corrected chi connectivity index (χ2v) is 4.35. The molecule has 0 fully saturated rings. The Labute approximate surface area is 114 Å². The topological polar surface area (TPSA) is 73.6 Å². The van der Waals surface area contributed by atoms with Crippen molar-refractivity contribution in [1.82, 2.24) is 5.32 Å². The third kappa shape index (κ3) is 6.22. The van der Waals surface area contributed by atoms with Crippen LogP contribution in [0.3, 0.4) is 0 Å². The zero-order chi connectivity index (χ0) is 14.1. The third-order valence-electron chi connectivity index (χ3n) is 2.60. The van der Waals surface area contributed by atoms with Gasteiger partial charge in [-0.25, -0.2) is 0 Å². The summed E-state index contributed by atoms with van der Waals surface area (Å²) in [7, 11) is 1.64. The van der Waals surface area contributed by atoms with Gasteiger partial charge in [0.2, 0.25) is 0 Å². The molecule has 1 amide bonds. The number of nitrogens with two attached hydrogens (primary N) is 1. The van der Waals surface area contributed by atoms with E-state index in [0.717, 1.165) is 12.0 Å². The van der Waals surface area contributed by atoms with Crippen molar-refractivity contribution < 1.29 is 14.3 Å². The summed E-state index contributed by atoms with van der Waals surface area (Å²) in [4.78, 5) is 11.5. The zero-order valence-corrected chi connectivity index (χ0v) is 11.5. The van der Waals surface area contributed by atoms with E-state index >= 15 is 0 Å². The second-order valence-electron chi connectivity index (χ2n) is 4.35. The highest BCUT2D eigenvalue weighted by Gasteiger charge is 2.04. The lowest BCUT2D eigenvalue weighted by atomic mass is 10.1. The first kappa shape index (κ1) is 15.5. The summed E-state index contributed by atoms with van der Waals surface area (Å²) in [5.74, 6) is 0.518. The number of hydrogen-bond donors (Lipinski definition) is 2. The number of ether oxygens (including phenoxy) is 2. The number of amides is 1. The number of benzene rings is 1. The number of carbonyl (C=O) groups excluding carboxylic acids is 1. The van der Waals surface area contributed by atoms with Gasteiger partial charge in [-0.05, 0) is 31.0 Å². The minimum atomic E-state index is -0.137. The molecule has 0 saturated heterocycles. The van der Waals surface area contributed by atoms with E-state index in [2.05, 4.69) is 5.32 Å². The molecule has 1 aromatic rings. The lowest BCUT2D eigenvalue weighted by molar-refractivity contribution is -0.123. The van der Waals surface area contributed by atoms with E-state index in [1.54, 1.807) is 7.11 Å². The maximum atomic E-state index is 11.5. The van der Waals surface area contributed by atoms with E-state index < -0.39 is 0 Å². The van der Waals surface area contributed by atoms with Gasteiger partial charge in [0.1, 0.15) is 5.75 Å². The predicted molar refractivity (Wildman–Crippen MR) is 74.0 cm³/mol. The normalized spacial score (nSPS) is 11.9. The SMILES string of the molecule is COCCCNC(=O)COc1cccc(C(C)N)c1. The van der Waals surface area contributed by atoms with Crippen LogP contribution in [0.25, 0.3) is 0 Å². The molecule has 0 aromatic heterocycles. The molecule has 0 saturated carbocycles. The number of nitrogens with one attached hydrogen (secondary N) is 1. The highest BCUT2D eigenvalue weighted by atomic mass is 16.5. The Morgan fingerprint density at radius 2 is 2.26 bits per heavy atom. The summed E-state index contributed by atoms with van der Waals surface area (Å²) in [5, 5.41) is 2.76. The molecule has 3 N–H and O–H groups in total. The maximum Gasteiger partial charge on any atom is 0.257 e. The largest absolute Gasteiger partial charge is 0.484 e. The van der Waals surface area contributed by atoms with Gasteiger partial charge in [0.15, 0.2) is 6.61 Å². The molecule has 1 aromatic carbocycles. The molecule has 1 atom stereocenters. The lowest BCUT2D eigenvalue weighted by Crippen LogP contribution is -2.30. The Bertz CT molecular complexity index is 394. The predicted octanol–water partition coefficient (Wildman–Crippen LogP) is 1.24. The zero-order valence-electron chi connectivity index (χ0n) is 11.5. The molecule has 0 aliphatic heterocycles. The number of rotatable bonds is 8. The van der Waals surface area contributed by atoms with Crippen molar-refractivity contribution in [2.45, 2.75) is 19.4 Å². The minimum Gasteiger partial charge on any atom is -0.484 e. The minimum absolute atomic E-state index is 0.00931. The molecule has 19 heavy (non-hydrogen) atoms. The fourth-order valence-corrected chi connectivity index (χ4v) is 1.53. The highest BCUT2D eigenvalue weighted by molar-refractivity contribution is 5.77. The first-order chi connectivity index (χ1) is 9.13. The van der Waals surface area contributed by atoms with Gasteiger partial charge >= 0.3 is 0 Å². The summed E-state index contributed by atoms with van der Waals surface area (Å²) in [6, 6.07) is 7.41. The Hall–Kier alpha value is -1.59. The molecular weight excluding hydrogens is 244 g/mol.